The second kappa shape index (κ2) is 11.4. The summed E-state index contributed by atoms with van der Waals surface area (Å²) in [5.41, 5.74) is 3.50. The zero-order valence-electron chi connectivity index (χ0n) is 20.9. The number of benzene rings is 3. The van der Waals surface area contributed by atoms with Crippen molar-refractivity contribution in [3.05, 3.63) is 71.8 Å². The molecule has 36 heavy (non-hydrogen) atoms. The number of ether oxygens (including phenoxy) is 3. The molecule has 4 rings (SSSR count). The van der Waals surface area contributed by atoms with Crippen molar-refractivity contribution in [1.29, 1.82) is 0 Å². The maximum Gasteiger partial charge on any atom is 0.244 e. The van der Waals surface area contributed by atoms with Crippen LogP contribution < -0.4 is 24.4 Å². The van der Waals surface area contributed by atoms with Gasteiger partial charge in [0.2, 0.25) is 17.6 Å². The molecule has 0 aliphatic carbocycles. The van der Waals surface area contributed by atoms with Crippen LogP contribution in [0.15, 0.2) is 65.6 Å². The summed E-state index contributed by atoms with van der Waals surface area (Å²) in [5, 5.41) is 2.70. The Labute approximate surface area is 215 Å². The molecule has 1 heterocycles. The lowest BCUT2D eigenvalue weighted by molar-refractivity contribution is -0.121. The summed E-state index contributed by atoms with van der Waals surface area (Å²) < 4.78 is 16.5. The molecule has 1 atom stereocenters. The van der Waals surface area contributed by atoms with Gasteiger partial charge in [0.05, 0.1) is 27.0 Å². The molecule has 1 N–H and O–H groups in total. The van der Waals surface area contributed by atoms with Crippen LogP contribution in [0.2, 0.25) is 0 Å². The van der Waals surface area contributed by atoms with Gasteiger partial charge in [-0.2, -0.15) is 0 Å². The summed E-state index contributed by atoms with van der Waals surface area (Å²) in [4.78, 5) is 28.9. The number of thioether (sulfide) groups is 1. The molecule has 2 amide bonds. The number of hydrogen-bond acceptors (Lipinski definition) is 6. The Morgan fingerprint density at radius 3 is 2.28 bits per heavy atom. The van der Waals surface area contributed by atoms with Crippen LogP contribution in [0.4, 0.5) is 11.4 Å². The van der Waals surface area contributed by atoms with Crippen LogP contribution in [0.1, 0.15) is 29.7 Å². The zero-order chi connectivity index (χ0) is 25.7. The minimum Gasteiger partial charge on any atom is -0.493 e. The van der Waals surface area contributed by atoms with Crippen LogP contribution in [-0.2, 0) is 16.0 Å². The summed E-state index contributed by atoms with van der Waals surface area (Å²) in [6.45, 7) is 2.01. The van der Waals surface area contributed by atoms with Crippen molar-refractivity contribution >= 4 is 35.0 Å². The van der Waals surface area contributed by atoms with Gasteiger partial charge in [-0.3, -0.25) is 9.59 Å². The Morgan fingerprint density at radius 2 is 1.67 bits per heavy atom. The number of nitrogens with one attached hydrogen (secondary N) is 1. The first-order valence-corrected chi connectivity index (χ1v) is 12.6. The van der Waals surface area contributed by atoms with E-state index in [0.717, 1.165) is 22.6 Å². The zero-order valence-corrected chi connectivity index (χ0v) is 21.7. The molecule has 0 fully saturated rings. The number of methoxy groups -OCH3 is 3. The number of nitrogens with zero attached hydrogens (tertiary/aromatic N) is 1. The number of rotatable bonds is 8. The number of carbonyl (C=O) groups is 2. The Bertz CT molecular complexity index is 1220. The summed E-state index contributed by atoms with van der Waals surface area (Å²) >= 11 is 1.58. The number of amides is 2. The lowest BCUT2D eigenvalue weighted by Gasteiger charge is -2.22. The predicted molar refractivity (Wildman–Crippen MR) is 143 cm³/mol. The van der Waals surface area contributed by atoms with Gasteiger partial charge in [0, 0.05) is 22.3 Å². The number of aryl methyl sites for hydroxylation is 1. The second-order valence-electron chi connectivity index (χ2n) is 8.32. The van der Waals surface area contributed by atoms with Gasteiger partial charge < -0.3 is 24.4 Å². The number of para-hydroxylation sites is 1. The van der Waals surface area contributed by atoms with Gasteiger partial charge in [-0.25, -0.2) is 0 Å². The van der Waals surface area contributed by atoms with Crippen LogP contribution >= 0.6 is 11.8 Å². The monoisotopic (exact) mass is 506 g/mol. The number of hydrogen-bond donors (Lipinski definition) is 1. The SMILES string of the molecule is CCc1ccc(NC(=O)CN2C(=O)C[C@@H](c3cc(OC)c(OC)c(OC)c3)Sc3ccccc32)cc1. The molecule has 0 bridgehead atoms. The highest BCUT2D eigenvalue weighted by Gasteiger charge is 2.31. The van der Waals surface area contributed by atoms with Gasteiger partial charge in [-0.1, -0.05) is 31.2 Å². The molecule has 3 aromatic carbocycles. The Morgan fingerprint density at radius 1 is 1.00 bits per heavy atom. The number of anilines is 2. The van der Waals surface area contributed by atoms with E-state index in [0.29, 0.717) is 22.9 Å². The first kappa shape index (κ1) is 25.4. The van der Waals surface area contributed by atoms with E-state index in [1.165, 1.54) is 5.56 Å². The van der Waals surface area contributed by atoms with E-state index in [1.54, 1.807) is 38.0 Å². The average molecular weight is 507 g/mol. The molecule has 0 unspecified atom stereocenters. The van der Waals surface area contributed by atoms with Crippen molar-refractivity contribution in [2.24, 2.45) is 0 Å². The van der Waals surface area contributed by atoms with Crippen LogP contribution in [0.3, 0.4) is 0 Å². The van der Waals surface area contributed by atoms with Crippen LogP contribution in [0.5, 0.6) is 17.2 Å². The van der Waals surface area contributed by atoms with E-state index < -0.39 is 0 Å². The van der Waals surface area contributed by atoms with Gasteiger partial charge in [-0.15, -0.1) is 11.8 Å². The fraction of sp³-hybridized carbons (Fsp3) is 0.286. The summed E-state index contributed by atoms with van der Waals surface area (Å²) in [7, 11) is 4.69. The highest BCUT2D eigenvalue weighted by atomic mass is 32.2. The molecule has 1 aliphatic rings. The van der Waals surface area contributed by atoms with E-state index in [9.17, 15) is 9.59 Å². The Kier molecular flexibility index (Phi) is 8.05. The van der Waals surface area contributed by atoms with E-state index in [1.807, 2.05) is 60.7 Å². The van der Waals surface area contributed by atoms with E-state index in [-0.39, 0.29) is 30.0 Å². The van der Waals surface area contributed by atoms with Crippen LogP contribution in [-0.4, -0.2) is 39.7 Å². The van der Waals surface area contributed by atoms with Gasteiger partial charge in [-0.05, 0) is 53.9 Å². The molecule has 188 valence electrons. The molecule has 0 saturated heterocycles. The average Bonchev–Trinajstić information content (AvgIpc) is 3.04. The summed E-state index contributed by atoms with van der Waals surface area (Å²) in [6.07, 6.45) is 1.13. The Balaban J connectivity index is 1.61. The smallest absolute Gasteiger partial charge is 0.244 e. The van der Waals surface area contributed by atoms with Crippen molar-refractivity contribution in [3.63, 3.8) is 0 Å². The molecule has 1 aliphatic heterocycles. The van der Waals surface area contributed by atoms with E-state index >= 15 is 0 Å². The van der Waals surface area contributed by atoms with Gasteiger partial charge in [0.15, 0.2) is 11.5 Å². The van der Waals surface area contributed by atoms with Crippen molar-refractivity contribution in [3.8, 4) is 17.2 Å². The van der Waals surface area contributed by atoms with Crippen LogP contribution in [0, 0.1) is 0 Å². The molecular formula is C28H30N2O5S. The van der Waals surface area contributed by atoms with Crippen molar-refractivity contribution in [2.45, 2.75) is 29.9 Å². The topological polar surface area (TPSA) is 77.1 Å². The minimum absolute atomic E-state index is 0.0755. The van der Waals surface area contributed by atoms with Crippen LogP contribution in [0.25, 0.3) is 0 Å². The van der Waals surface area contributed by atoms with Crippen molar-refractivity contribution in [1.82, 2.24) is 0 Å². The minimum atomic E-state index is -0.251. The maximum atomic E-state index is 13.5. The van der Waals surface area contributed by atoms with E-state index in [2.05, 4.69) is 12.2 Å². The third kappa shape index (κ3) is 5.44. The third-order valence-corrected chi connectivity index (χ3v) is 7.42. The quantitative estimate of drug-likeness (QED) is 0.436. The molecule has 0 saturated carbocycles. The Hall–Kier alpha value is -3.65. The second-order valence-corrected chi connectivity index (χ2v) is 9.56. The first-order valence-electron chi connectivity index (χ1n) is 11.7. The third-order valence-electron chi connectivity index (χ3n) is 6.09. The fourth-order valence-electron chi connectivity index (χ4n) is 4.19. The molecule has 8 heteroatoms. The first-order chi connectivity index (χ1) is 17.5. The molecule has 0 aromatic heterocycles. The van der Waals surface area contributed by atoms with Gasteiger partial charge >= 0.3 is 0 Å². The molecule has 0 spiro atoms. The standard InChI is InChI=1S/C28H30N2O5S/c1-5-18-10-12-20(13-11-18)29-26(31)17-30-21-8-6-7-9-24(21)36-25(16-27(30)32)19-14-22(33-2)28(35-4)23(15-19)34-3/h6-15,25H,5,16-17H2,1-4H3,(H,29,31)/t25-/m0/s1. The van der Waals surface area contributed by atoms with Crippen molar-refractivity contribution < 1.29 is 23.8 Å². The molecule has 0 radical (unpaired) electrons. The lowest BCUT2D eigenvalue weighted by atomic mass is 10.1. The molecule has 3 aromatic rings. The molecule has 7 nitrogen and oxygen atoms in total. The lowest BCUT2D eigenvalue weighted by Crippen LogP contribution is -2.38. The normalized spacial score (nSPS) is 15.1. The summed E-state index contributed by atoms with van der Waals surface area (Å²) in [5.74, 6) is 1.17. The molecular weight excluding hydrogens is 476 g/mol. The summed E-state index contributed by atoms with van der Waals surface area (Å²) in [6, 6.07) is 19.1. The maximum absolute atomic E-state index is 13.5. The van der Waals surface area contributed by atoms with Gasteiger partial charge in [0.25, 0.3) is 0 Å². The van der Waals surface area contributed by atoms with Crippen molar-refractivity contribution in [2.75, 3.05) is 38.1 Å². The van der Waals surface area contributed by atoms with E-state index in [4.69, 9.17) is 14.2 Å². The predicted octanol–water partition coefficient (Wildman–Crippen LogP) is 5.48. The number of carbonyl (C=O) groups excluding carboxylic acids is 2. The largest absolute Gasteiger partial charge is 0.493 e. The van der Waals surface area contributed by atoms with Gasteiger partial charge in [0.1, 0.15) is 6.54 Å². The highest BCUT2D eigenvalue weighted by Crippen LogP contribution is 2.49. The fourth-order valence-corrected chi connectivity index (χ4v) is 5.45. The number of fused-ring (bicyclic) bond motifs is 1. The highest BCUT2D eigenvalue weighted by molar-refractivity contribution is 7.99.